The minimum Gasteiger partial charge on any atom is -0.308 e. The maximum absolute atomic E-state index is 13.3. The number of fused-ring (bicyclic) bond motifs is 3. The van der Waals surface area contributed by atoms with Crippen LogP contribution in [0.25, 0.3) is 0 Å². The van der Waals surface area contributed by atoms with E-state index >= 15 is 0 Å². The van der Waals surface area contributed by atoms with Crippen LogP contribution in [-0.2, 0) is 16.3 Å². The Kier molecular flexibility index (Phi) is 4.45. The van der Waals surface area contributed by atoms with Crippen LogP contribution in [0.15, 0.2) is 70.5 Å². The van der Waals surface area contributed by atoms with Gasteiger partial charge in [0.25, 0.3) is 11.6 Å². The van der Waals surface area contributed by atoms with Crippen molar-refractivity contribution in [3.63, 3.8) is 0 Å². The number of anilines is 1. The van der Waals surface area contributed by atoms with Crippen molar-refractivity contribution in [3.8, 4) is 0 Å². The number of nitro benzene ring substituents is 1. The average Bonchev–Trinajstić information content (AvgIpc) is 2.81. The summed E-state index contributed by atoms with van der Waals surface area (Å²) in [4.78, 5) is 38.0. The molecule has 5 rings (SSSR count). The molecule has 0 saturated carbocycles. The lowest BCUT2D eigenvalue weighted by atomic mass is 9.98. The minimum absolute atomic E-state index is 0.0231. The normalized spacial score (nSPS) is 16.0. The third-order valence-electron chi connectivity index (χ3n) is 5.83. The molecule has 0 spiro atoms. The van der Waals surface area contributed by atoms with Crippen molar-refractivity contribution in [2.75, 3.05) is 11.4 Å². The summed E-state index contributed by atoms with van der Waals surface area (Å²) in [6, 6.07) is 14.4. The number of carbonyl (C=O) groups is 2. The van der Waals surface area contributed by atoms with Crippen LogP contribution in [-0.4, -0.2) is 31.6 Å². The van der Waals surface area contributed by atoms with E-state index in [4.69, 9.17) is 0 Å². The summed E-state index contributed by atoms with van der Waals surface area (Å²) in [5, 5.41) is 11.2. The van der Waals surface area contributed by atoms with Gasteiger partial charge in [-0.05, 0) is 48.7 Å². The van der Waals surface area contributed by atoms with Gasteiger partial charge in [-0.25, -0.2) is 8.42 Å². The molecule has 0 unspecified atom stereocenters. The summed E-state index contributed by atoms with van der Waals surface area (Å²) in [7, 11) is -3.98. The van der Waals surface area contributed by atoms with Gasteiger partial charge < -0.3 is 4.90 Å². The Morgan fingerprint density at radius 2 is 1.72 bits per heavy atom. The van der Waals surface area contributed by atoms with Crippen molar-refractivity contribution in [3.05, 3.63) is 93.0 Å². The number of ketones is 1. The highest BCUT2D eigenvalue weighted by molar-refractivity contribution is 7.91. The minimum atomic E-state index is -3.98. The summed E-state index contributed by atoms with van der Waals surface area (Å²) < 4.78 is 26.3. The van der Waals surface area contributed by atoms with Gasteiger partial charge in [-0.1, -0.05) is 18.2 Å². The van der Waals surface area contributed by atoms with E-state index in [2.05, 4.69) is 0 Å². The molecule has 2 aliphatic heterocycles. The van der Waals surface area contributed by atoms with E-state index in [0.29, 0.717) is 25.1 Å². The second-order valence-electron chi connectivity index (χ2n) is 7.67. The number of nitro groups is 1. The van der Waals surface area contributed by atoms with Gasteiger partial charge in [0.05, 0.1) is 20.4 Å². The molecule has 0 atom stereocenters. The van der Waals surface area contributed by atoms with Crippen LogP contribution in [0.1, 0.15) is 38.3 Å². The van der Waals surface area contributed by atoms with Crippen molar-refractivity contribution in [1.82, 2.24) is 0 Å². The molecule has 0 saturated heterocycles. The van der Waals surface area contributed by atoms with Gasteiger partial charge in [-0.3, -0.25) is 19.7 Å². The molecule has 8 nitrogen and oxygen atoms in total. The van der Waals surface area contributed by atoms with Gasteiger partial charge >= 0.3 is 0 Å². The molecule has 1 amide bonds. The van der Waals surface area contributed by atoms with E-state index in [0.717, 1.165) is 5.56 Å². The molecule has 3 aromatic carbocycles. The van der Waals surface area contributed by atoms with Gasteiger partial charge in [-0.15, -0.1) is 0 Å². The van der Waals surface area contributed by atoms with Crippen molar-refractivity contribution >= 4 is 32.9 Å². The number of amides is 1. The average molecular weight is 448 g/mol. The highest BCUT2D eigenvalue weighted by Crippen LogP contribution is 2.36. The third-order valence-corrected chi connectivity index (χ3v) is 7.68. The molecule has 3 aromatic rings. The SMILES string of the molecule is O=C1c2ccccc2S(=O)(=O)c2cc(C(=O)N3CCCc4ccc([N+](=O)[O-])cc43)ccc21. The zero-order chi connectivity index (χ0) is 22.6. The molecule has 0 N–H and O–H groups in total. The van der Waals surface area contributed by atoms with E-state index in [1.54, 1.807) is 18.2 Å². The second-order valence-corrected chi connectivity index (χ2v) is 9.56. The van der Waals surface area contributed by atoms with Crippen molar-refractivity contribution in [2.24, 2.45) is 0 Å². The number of aryl methyl sites for hydroxylation is 1. The van der Waals surface area contributed by atoms with E-state index in [-0.39, 0.29) is 32.2 Å². The number of carbonyl (C=O) groups excluding carboxylic acids is 2. The fourth-order valence-electron chi connectivity index (χ4n) is 4.26. The Hall–Kier alpha value is -3.85. The number of sulfone groups is 1. The molecular weight excluding hydrogens is 432 g/mol. The predicted molar refractivity (Wildman–Crippen MR) is 115 cm³/mol. The Bertz CT molecular complexity index is 1440. The lowest BCUT2D eigenvalue weighted by Gasteiger charge is -2.29. The van der Waals surface area contributed by atoms with Crippen molar-refractivity contribution < 1.29 is 22.9 Å². The summed E-state index contributed by atoms with van der Waals surface area (Å²) in [5.74, 6) is -0.890. The van der Waals surface area contributed by atoms with Gasteiger partial charge in [0.15, 0.2) is 5.78 Å². The van der Waals surface area contributed by atoms with Crippen LogP contribution in [0.3, 0.4) is 0 Å². The van der Waals surface area contributed by atoms with Crippen molar-refractivity contribution in [1.29, 1.82) is 0 Å². The van der Waals surface area contributed by atoms with Gasteiger partial charge in [0.2, 0.25) is 9.84 Å². The largest absolute Gasteiger partial charge is 0.308 e. The van der Waals surface area contributed by atoms with E-state index in [1.807, 2.05) is 0 Å². The quantitative estimate of drug-likeness (QED) is 0.342. The third kappa shape index (κ3) is 2.93. The highest BCUT2D eigenvalue weighted by atomic mass is 32.2. The summed E-state index contributed by atoms with van der Waals surface area (Å²) in [5.41, 5.74) is 1.35. The fraction of sp³-hybridized carbons (Fsp3) is 0.130. The molecule has 0 aliphatic carbocycles. The van der Waals surface area contributed by atoms with Gasteiger partial charge in [-0.2, -0.15) is 0 Å². The van der Waals surface area contributed by atoms with Crippen LogP contribution in [0.5, 0.6) is 0 Å². The molecule has 0 radical (unpaired) electrons. The maximum Gasteiger partial charge on any atom is 0.271 e. The molecule has 2 aliphatic rings. The van der Waals surface area contributed by atoms with Crippen molar-refractivity contribution in [2.45, 2.75) is 22.6 Å². The first kappa shape index (κ1) is 20.1. The van der Waals surface area contributed by atoms with Crippen LogP contribution >= 0.6 is 0 Å². The molecular formula is C23H16N2O6S. The second kappa shape index (κ2) is 7.10. The standard InChI is InChI=1S/C23H16N2O6S/c26-22-17-5-1-2-6-20(17)32(30,31)21-12-15(8-10-18(21)22)23(27)24-11-3-4-14-7-9-16(25(28)29)13-19(14)24/h1-2,5-10,12-13H,3-4,11H2. The topological polar surface area (TPSA) is 115 Å². The molecule has 160 valence electrons. The number of non-ortho nitro benzene ring substituents is 1. The Morgan fingerprint density at radius 1 is 0.969 bits per heavy atom. The summed E-state index contributed by atoms with van der Waals surface area (Å²) in [6.45, 7) is 0.346. The lowest BCUT2D eigenvalue weighted by Crippen LogP contribution is -2.35. The highest BCUT2D eigenvalue weighted by Gasteiger charge is 2.36. The zero-order valence-corrected chi connectivity index (χ0v) is 17.5. The molecule has 0 aromatic heterocycles. The molecule has 9 heteroatoms. The Balaban J connectivity index is 1.60. The molecule has 0 fully saturated rings. The fourth-order valence-corrected chi connectivity index (χ4v) is 5.94. The number of hydrogen-bond donors (Lipinski definition) is 0. The van der Waals surface area contributed by atoms with Gasteiger partial charge in [0, 0.05) is 35.4 Å². The number of nitrogens with zero attached hydrogens (tertiary/aromatic N) is 2. The molecule has 32 heavy (non-hydrogen) atoms. The van der Waals surface area contributed by atoms with E-state index in [1.165, 1.54) is 47.4 Å². The summed E-state index contributed by atoms with van der Waals surface area (Å²) in [6.07, 6.45) is 1.35. The molecule has 0 bridgehead atoms. The Labute approximate surface area is 183 Å². The van der Waals surface area contributed by atoms with Crippen LogP contribution in [0.4, 0.5) is 11.4 Å². The number of rotatable bonds is 2. The zero-order valence-electron chi connectivity index (χ0n) is 16.6. The van der Waals surface area contributed by atoms with Gasteiger partial charge in [0.1, 0.15) is 0 Å². The first-order chi connectivity index (χ1) is 15.3. The van der Waals surface area contributed by atoms with Crippen LogP contribution in [0, 0.1) is 10.1 Å². The van der Waals surface area contributed by atoms with E-state index in [9.17, 15) is 28.1 Å². The van der Waals surface area contributed by atoms with E-state index < -0.39 is 26.5 Å². The van der Waals surface area contributed by atoms with Crippen LogP contribution < -0.4 is 4.90 Å². The predicted octanol–water partition coefficient (Wildman–Crippen LogP) is 3.57. The Morgan fingerprint density at radius 3 is 2.50 bits per heavy atom. The van der Waals surface area contributed by atoms with Crippen LogP contribution in [0.2, 0.25) is 0 Å². The monoisotopic (exact) mass is 448 g/mol. The number of hydrogen-bond acceptors (Lipinski definition) is 6. The maximum atomic E-state index is 13.3. The lowest BCUT2D eigenvalue weighted by molar-refractivity contribution is -0.384. The smallest absolute Gasteiger partial charge is 0.271 e. The number of benzene rings is 3. The first-order valence-corrected chi connectivity index (χ1v) is 11.4. The first-order valence-electron chi connectivity index (χ1n) is 9.91. The summed E-state index contributed by atoms with van der Waals surface area (Å²) >= 11 is 0. The molecule has 2 heterocycles.